The lowest BCUT2D eigenvalue weighted by Gasteiger charge is -2.31. The minimum Gasteiger partial charge on any atom is -0.445 e. The van der Waals surface area contributed by atoms with Crippen molar-refractivity contribution in [1.29, 1.82) is 0 Å². The van der Waals surface area contributed by atoms with Gasteiger partial charge in [-0.15, -0.1) is 0 Å². The highest BCUT2D eigenvalue weighted by Crippen LogP contribution is 2.28. The van der Waals surface area contributed by atoms with Crippen LogP contribution in [0.3, 0.4) is 0 Å². The van der Waals surface area contributed by atoms with Crippen LogP contribution < -0.4 is 11.1 Å². The van der Waals surface area contributed by atoms with Gasteiger partial charge >= 0.3 is 18.3 Å². The third kappa shape index (κ3) is 12.1. The number of carbonyl (C=O) groups is 3. The third-order valence-corrected chi connectivity index (χ3v) is 7.48. The number of methoxy groups -OCH3 is 2. The molecule has 0 bridgehead atoms. The number of nitrogens with zero attached hydrogens (tertiary/aromatic N) is 2. The lowest BCUT2D eigenvalue weighted by molar-refractivity contribution is -0.000972. The molecule has 0 spiro atoms. The standard InChI is InChI=1S/C20H30N2O5.C12H24N2O3/c1-20(2,3)27-19(24)22(4)16-11-15(12-17(16)25-5)21-18(23)26-13-14-9-7-6-8-10-14;1-12(2,3)17-11(15)14(4)9-6-8(13)7-10(9)16-5/h6-10,15-17H,11-13H2,1-5H3,(H,21,23);8-10H,6-7,13H2,1-5H3/t15-,16+,17+;8-,9+,10+/m11/s1. The van der Waals surface area contributed by atoms with Crippen LogP contribution in [0.2, 0.25) is 0 Å². The number of likely N-dealkylation sites (N-methyl/N-ethyl adjacent to an activating group) is 2. The summed E-state index contributed by atoms with van der Waals surface area (Å²) in [6, 6.07) is 9.29. The highest BCUT2D eigenvalue weighted by molar-refractivity contribution is 5.69. The monoisotopic (exact) mass is 622 g/mol. The Labute approximate surface area is 262 Å². The van der Waals surface area contributed by atoms with E-state index in [9.17, 15) is 14.4 Å². The molecule has 0 unspecified atom stereocenters. The van der Waals surface area contributed by atoms with Crippen LogP contribution in [-0.2, 0) is 30.3 Å². The fourth-order valence-electron chi connectivity index (χ4n) is 5.30. The van der Waals surface area contributed by atoms with E-state index in [1.165, 1.54) is 0 Å². The summed E-state index contributed by atoms with van der Waals surface area (Å²) in [5, 5.41) is 2.87. The fourth-order valence-corrected chi connectivity index (χ4v) is 5.30. The molecule has 0 aromatic heterocycles. The predicted octanol–water partition coefficient (Wildman–Crippen LogP) is 4.68. The van der Waals surface area contributed by atoms with Crippen molar-refractivity contribution >= 4 is 18.3 Å². The highest BCUT2D eigenvalue weighted by atomic mass is 16.6. The van der Waals surface area contributed by atoms with Crippen LogP contribution >= 0.6 is 0 Å². The second kappa shape index (κ2) is 16.3. The van der Waals surface area contributed by atoms with Gasteiger partial charge in [0.1, 0.15) is 17.8 Å². The van der Waals surface area contributed by atoms with E-state index in [0.29, 0.717) is 12.8 Å². The van der Waals surface area contributed by atoms with E-state index in [1.54, 1.807) is 38.1 Å². The number of carbonyl (C=O) groups excluding carboxylic acids is 3. The number of alkyl carbamates (subject to hydrolysis) is 1. The summed E-state index contributed by atoms with van der Waals surface area (Å²) in [6.07, 6.45) is 1.36. The van der Waals surface area contributed by atoms with Gasteiger partial charge in [-0.1, -0.05) is 30.3 Å². The van der Waals surface area contributed by atoms with E-state index in [-0.39, 0.29) is 49.1 Å². The zero-order chi connectivity index (χ0) is 33.2. The van der Waals surface area contributed by atoms with Crippen molar-refractivity contribution in [1.82, 2.24) is 15.1 Å². The molecular weight excluding hydrogens is 568 g/mol. The molecule has 12 nitrogen and oxygen atoms in total. The van der Waals surface area contributed by atoms with Gasteiger partial charge in [-0.25, -0.2) is 14.4 Å². The molecule has 3 rings (SSSR count). The van der Waals surface area contributed by atoms with E-state index >= 15 is 0 Å². The Morgan fingerprint density at radius 3 is 1.75 bits per heavy atom. The third-order valence-electron chi connectivity index (χ3n) is 7.48. The zero-order valence-corrected chi connectivity index (χ0v) is 28.1. The minimum absolute atomic E-state index is 0.00233. The second-order valence-electron chi connectivity index (χ2n) is 13.5. The first-order valence-electron chi connectivity index (χ1n) is 15.1. The zero-order valence-electron chi connectivity index (χ0n) is 28.1. The normalized spacial score (nSPS) is 24.9. The number of hydrogen-bond acceptors (Lipinski definition) is 9. The van der Waals surface area contributed by atoms with Crippen LogP contribution in [0.25, 0.3) is 0 Å². The summed E-state index contributed by atoms with van der Waals surface area (Å²) in [6.45, 7) is 11.3. The van der Waals surface area contributed by atoms with Crippen molar-refractivity contribution < 1.29 is 38.1 Å². The van der Waals surface area contributed by atoms with Gasteiger partial charge < -0.3 is 44.5 Å². The number of rotatable bonds is 7. The Morgan fingerprint density at radius 1 is 0.795 bits per heavy atom. The molecule has 0 saturated heterocycles. The van der Waals surface area contributed by atoms with Crippen LogP contribution in [0.15, 0.2) is 30.3 Å². The van der Waals surface area contributed by atoms with E-state index in [0.717, 1.165) is 18.4 Å². The number of benzene rings is 1. The molecule has 2 aliphatic rings. The average Bonchev–Trinajstić information content (AvgIpc) is 3.52. The van der Waals surface area contributed by atoms with Gasteiger partial charge in [-0.05, 0) is 72.8 Å². The van der Waals surface area contributed by atoms with E-state index in [1.807, 2.05) is 71.9 Å². The molecule has 2 aliphatic carbocycles. The molecule has 2 saturated carbocycles. The van der Waals surface area contributed by atoms with Gasteiger partial charge in [-0.2, -0.15) is 0 Å². The molecule has 44 heavy (non-hydrogen) atoms. The number of amides is 3. The van der Waals surface area contributed by atoms with Gasteiger partial charge in [0.05, 0.1) is 24.3 Å². The maximum atomic E-state index is 12.3. The molecule has 250 valence electrons. The first-order valence-corrected chi connectivity index (χ1v) is 15.1. The number of hydrogen-bond donors (Lipinski definition) is 2. The highest BCUT2D eigenvalue weighted by Gasteiger charge is 2.41. The van der Waals surface area contributed by atoms with Crippen molar-refractivity contribution in [2.45, 2.75) is 121 Å². The molecule has 6 atom stereocenters. The van der Waals surface area contributed by atoms with Gasteiger partial charge in [0.15, 0.2) is 0 Å². The molecule has 1 aromatic rings. The number of nitrogens with one attached hydrogen (secondary N) is 1. The largest absolute Gasteiger partial charge is 0.445 e. The van der Waals surface area contributed by atoms with Crippen molar-refractivity contribution in [2.75, 3.05) is 28.3 Å². The van der Waals surface area contributed by atoms with Crippen molar-refractivity contribution in [3.8, 4) is 0 Å². The summed E-state index contributed by atoms with van der Waals surface area (Å²) >= 11 is 0. The van der Waals surface area contributed by atoms with Crippen LogP contribution in [0.5, 0.6) is 0 Å². The van der Waals surface area contributed by atoms with Gasteiger partial charge in [0.25, 0.3) is 0 Å². The molecule has 0 radical (unpaired) electrons. The van der Waals surface area contributed by atoms with E-state index in [4.69, 9.17) is 29.4 Å². The van der Waals surface area contributed by atoms with E-state index in [2.05, 4.69) is 5.32 Å². The van der Waals surface area contributed by atoms with Crippen LogP contribution in [0.4, 0.5) is 14.4 Å². The Morgan fingerprint density at radius 2 is 1.27 bits per heavy atom. The number of ether oxygens (including phenoxy) is 5. The molecule has 1 aromatic carbocycles. The van der Waals surface area contributed by atoms with E-state index < -0.39 is 23.4 Å². The predicted molar refractivity (Wildman–Crippen MR) is 167 cm³/mol. The summed E-state index contributed by atoms with van der Waals surface area (Å²) in [4.78, 5) is 39.5. The minimum atomic E-state index is -0.564. The Bertz CT molecular complexity index is 1060. The van der Waals surface area contributed by atoms with Gasteiger partial charge in [0, 0.05) is 40.4 Å². The molecule has 12 heteroatoms. The topological polar surface area (TPSA) is 142 Å². The molecular formula is C32H54N4O8. The molecule has 0 heterocycles. The SMILES string of the molecule is CO[C@H]1C[C@H](N)C[C@@H]1N(C)C(=O)OC(C)(C)C.CO[C@H]1C[C@H](NC(=O)OCc2ccccc2)C[C@@H]1N(C)C(=O)OC(C)(C)C. The Kier molecular flexibility index (Phi) is 13.7. The maximum Gasteiger partial charge on any atom is 0.410 e. The summed E-state index contributed by atoms with van der Waals surface area (Å²) in [7, 11) is 6.69. The lowest BCUT2D eigenvalue weighted by Crippen LogP contribution is -2.45. The van der Waals surface area contributed by atoms with Crippen LogP contribution in [0, 0.1) is 0 Å². The number of nitrogens with two attached hydrogens (primary N) is 1. The second-order valence-corrected chi connectivity index (χ2v) is 13.5. The van der Waals surface area contributed by atoms with Crippen LogP contribution in [-0.4, -0.2) is 104 Å². The first kappa shape index (κ1) is 37.1. The Hall–Kier alpha value is -3.09. The molecule has 2 fully saturated rings. The quantitative estimate of drug-likeness (QED) is 0.415. The van der Waals surface area contributed by atoms with Crippen LogP contribution in [0.1, 0.15) is 72.8 Å². The summed E-state index contributed by atoms with van der Waals surface area (Å²) in [5.41, 5.74) is 5.78. The van der Waals surface area contributed by atoms with Gasteiger partial charge in [-0.3, -0.25) is 0 Å². The fraction of sp³-hybridized carbons (Fsp3) is 0.719. The van der Waals surface area contributed by atoms with Crippen molar-refractivity contribution in [3.63, 3.8) is 0 Å². The molecule has 0 aliphatic heterocycles. The molecule has 3 amide bonds. The van der Waals surface area contributed by atoms with Crippen molar-refractivity contribution in [3.05, 3.63) is 35.9 Å². The van der Waals surface area contributed by atoms with Gasteiger partial charge in [0.2, 0.25) is 0 Å². The van der Waals surface area contributed by atoms with Crippen molar-refractivity contribution in [2.24, 2.45) is 5.73 Å². The summed E-state index contributed by atoms with van der Waals surface area (Å²) < 4.78 is 26.9. The lowest BCUT2D eigenvalue weighted by atomic mass is 10.2. The smallest absolute Gasteiger partial charge is 0.410 e. The maximum absolute atomic E-state index is 12.3. The first-order chi connectivity index (χ1) is 20.4. The Balaban J connectivity index is 0.000000342. The summed E-state index contributed by atoms with van der Waals surface area (Å²) in [5.74, 6) is 0. The molecule has 3 N–H and O–H groups in total. The average molecular weight is 623 g/mol.